The third-order valence-electron chi connectivity index (χ3n) is 1.68. The highest BCUT2D eigenvalue weighted by atomic mass is 127. The Hall–Kier alpha value is -1.18. The minimum atomic E-state index is 0.516. The van der Waals surface area contributed by atoms with Crippen LogP contribution in [0, 0.1) is 3.57 Å². The molecule has 2 heterocycles. The number of aromatic nitrogens is 4. The third-order valence-corrected chi connectivity index (χ3v) is 2.51. The molecule has 5 nitrogen and oxygen atoms in total. The predicted molar refractivity (Wildman–Crippen MR) is 60.5 cm³/mol. The summed E-state index contributed by atoms with van der Waals surface area (Å²) in [6.45, 7) is 0.550. The molecule has 0 aliphatic rings. The molecule has 0 unspecified atom stereocenters. The van der Waals surface area contributed by atoms with Crippen molar-refractivity contribution in [1.82, 2.24) is 19.7 Å². The third kappa shape index (κ3) is 2.00. The Morgan fingerprint density at radius 3 is 3.00 bits per heavy atom. The van der Waals surface area contributed by atoms with E-state index >= 15 is 0 Å². The van der Waals surface area contributed by atoms with Gasteiger partial charge in [-0.2, -0.15) is 5.10 Å². The van der Waals surface area contributed by atoms with Crippen molar-refractivity contribution in [2.24, 2.45) is 0 Å². The molecule has 0 saturated heterocycles. The number of nitrogens with two attached hydrogens (primary N) is 1. The van der Waals surface area contributed by atoms with Crippen LogP contribution < -0.4 is 5.73 Å². The Bertz CT molecular complexity index is 425. The van der Waals surface area contributed by atoms with Crippen molar-refractivity contribution in [3.05, 3.63) is 34.1 Å². The average Bonchev–Trinajstić information content (AvgIpc) is 2.64. The maximum atomic E-state index is 5.66. The molecule has 2 aromatic heterocycles. The van der Waals surface area contributed by atoms with Crippen LogP contribution in [0.3, 0.4) is 0 Å². The molecular weight excluding hydrogens is 293 g/mol. The summed E-state index contributed by atoms with van der Waals surface area (Å²) in [6.07, 6.45) is 5.29. The molecule has 0 aromatic carbocycles. The molecule has 0 aliphatic carbocycles. The van der Waals surface area contributed by atoms with Crippen LogP contribution >= 0.6 is 22.6 Å². The van der Waals surface area contributed by atoms with E-state index in [2.05, 4.69) is 37.7 Å². The normalized spacial score (nSPS) is 10.4. The van der Waals surface area contributed by atoms with E-state index in [-0.39, 0.29) is 0 Å². The monoisotopic (exact) mass is 301 g/mol. The molecule has 2 N–H and O–H groups in total. The first-order chi connectivity index (χ1) is 6.75. The van der Waals surface area contributed by atoms with Crippen LogP contribution in [-0.2, 0) is 6.54 Å². The number of hydrogen-bond acceptors (Lipinski definition) is 4. The molecule has 0 fully saturated rings. The van der Waals surface area contributed by atoms with Crippen molar-refractivity contribution in [3.8, 4) is 0 Å². The summed E-state index contributed by atoms with van der Waals surface area (Å²) in [4.78, 5) is 8.30. The van der Waals surface area contributed by atoms with E-state index in [1.807, 2.05) is 12.3 Å². The zero-order chi connectivity index (χ0) is 9.97. The molecule has 0 saturated carbocycles. The van der Waals surface area contributed by atoms with Crippen LogP contribution in [-0.4, -0.2) is 19.7 Å². The van der Waals surface area contributed by atoms with E-state index in [1.54, 1.807) is 17.1 Å². The molecule has 0 radical (unpaired) electrons. The lowest BCUT2D eigenvalue weighted by Gasteiger charge is -2.02. The first-order valence-electron chi connectivity index (χ1n) is 4.00. The number of rotatable bonds is 2. The molecule has 72 valence electrons. The van der Waals surface area contributed by atoms with Gasteiger partial charge in [-0.05, 0) is 28.7 Å². The van der Waals surface area contributed by atoms with Gasteiger partial charge >= 0.3 is 0 Å². The van der Waals surface area contributed by atoms with Gasteiger partial charge < -0.3 is 5.73 Å². The topological polar surface area (TPSA) is 69.6 Å². The SMILES string of the molecule is Nc1nc(Cn2cccn2)ncc1I. The van der Waals surface area contributed by atoms with Gasteiger partial charge in [0.2, 0.25) is 0 Å². The van der Waals surface area contributed by atoms with Crippen molar-refractivity contribution in [2.75, 3.05) is 5.73 Å². The second kappa shape index (κ2) is 3.91. The summed E-state index contributed by atoms with van der Waals surface area (Å²) in [6, 6.07) is 1.86. The Morgan fingerprint density at radius 1 is 1.50 bits per heavy atom. The minimum absolute atomic E-state index is 0.516. The predicted octanol–water partition coefficient (Wildman–Crippen LogP) is 0.908. The number of nitrogens with zero attached hydrogens (tertiary/aromatic N) is 4. The number of anilines is 1. The molecule has 0 atom stereocenters. The van der Waals surface area contributed by atoms with Gasteiger partial charge in [0.1, 0.15) is 12.4 Å². The van der Waals surface area contributed by atoms with E-state index < -0.39 is 0 Å². The Labute approximate surface area is 94.5 Å². The van der Waals surface area contributed by atoms with Crippen LogP contribution in [0.25, 0.3) is 0 Å². The maximum Gasteiger partial charge on any atom is 0.152 e. The van der Waals surface area contributed by atoms with Crippen molar-refractivity contribution in [2.45, 2.75) is 6.54 Å². The fourth-order valence-corrected chi connectivity index (χ4v) is 1.29. The lowest BCUT2D eigenvalue weighted by molar-refractivity contribution is 0.655. The van der Waals surface area contributed by atoms with E-state index in [0.29, 0.717) is 18.2 Å². The number of nitrogen functional groups attached to an aromatic ring is 1. The van der Waals surface area contributed by atoms with Crippen molar-refractivity contribution in [3.63, 3.8) is 0 Å². The number of halogens is 1. The molecule has 0 bridgehead atoms. The van der Waals surface area contributed by atoms with Crippen LogP contribution in [0.2, 0.25) is 0 Å². The average molecular weight is 301 g/mol. The van der Waals surface area contributed by atoms with Gasteiger partial charge in [0, 0.05) is 18.6 Å². The fourth-order valence-electron chi connectivity index (χ4n) is 1.03. The van der Waals surface area contributed by atoms with E-state index in [0.717, 1.165) is 3.57 Å². The van der Waals surface area contributed by atoms with E-state index in [1.165, 1.54) is 0 Å². The maximum absolute atomic E-state index is 5.66. The molecule has 14 heavy (non-hydrogen) atoms. The van der Waals surface area contributed by atoms with Gasteiger partial charge in [-0.15, -0.1) is 0 Å². The summed E-state index contributed by atoms with van der Waals surface area (Å²) >= 11 is 2.10. The quantitative estimate of drug-likeness (QED) is 0.837. The first-order valence-corrected chi connectivity index (χ1v) is 5.08. The summed E-state index contributed by atoms with van der Waals surface area (Å²) in [5.74, 6) is 1.19. The highest BCUT2D eigenvalue weighted by molar-refractivity contribution is 14.1. The van der Waals surface area contributed by atoms with Gasteiger partial charge in [-0.3, -0.25) is 4.68 Å². The lowest BCUT2D eigenvalue weighted by atomic mass is 10.5. The number of hydrogen-bond donors (Lipinski definition) is 1. The van der Waals surface area contributed by atoms with Crippen LogP contribution in [0.5, 0.6) is 0 Å². The van der Waals surface area contributed by atoms with Gasteiger partial charge in [0.05, 0.1) is 3.57 Å². The van der Waals surface area contributed by atoms with Crippen molar-refractivity contribution in [1.29, 1.82) is 0 Å². The van der Waals surface area contributed by atoms with Crippen molar-refractivity contribution >= 4 is 28.4 Å². The van der Waals surface area contributed by atoms with E-state index in [9.17, 15) is 0 Å². The standard InChI is InChI=1S/C8H8IN5/c9-6-4-11-7(13-8(6)10)5-14-3-1-2-12-14/h1-4H,5H2,(H2,10,11,13). The van der Waals surface area contributed by atoms with Gasteiger partial charge in [0.15, 0.2) is 5.82 Å². The Morgan fingerprint density at radius 2 is 2.36 bits per heavy atom. The largest absolute Gasteiger partial charge is 0.383 e. The molecule has 0 amide bonds. The summed E-state index contributed by atoms with van der Waals surface area (Å²) in [7, 11) is 0. The van der Waals surface area contributed by atoms with Crippen LogP contribution in [0.1, 0.15) is 5.82 Å². The lowest BCUT2D eigenvalue weighted by Crippen LogP contribution is -2.07. The molecule has 0 aliphatic heterocycles. The van der Waals surface area contributed by atoms with Gasteiger partial charge in [-0.1, -0.05) is 0 Å². The fraction of sp³-hybridized carbons (Fsp3) is 0.125. The van der Waals surface area contributed by atoms with E-state index in [4.69, 9.17) is 5.73 Å². The molecular formula is C8H8IN5. The molecule has 2 aromatic rings. The first kappa shape index (κ1) is 9.38. The highest BCUT2D eigenvalue weighted by Gasteiger charge is 2.01. The van der Waals surface area contributed by atoms with Crippen molar-refractivity contribution < 1.29 is 0 Å². The zero-order valence-corrected chi connectivity index (χ0v) is 9.42. The molecule has 0 spiro atoms. The van der Waals surface area contributed by atoms with Gasteiger partial charge in [-0.25, -0.2) is 9.97 Å². The molecule has 6 heteroatoms. The van der Waals surface area contributed by atoms with Crippen LogP contribution in [0.4, 0.5) is 5.82 Å². The second-order valence-electron chi connectivity index (χ2n) is 2.72. The Balaban J connectivity index is 2.22. The molecule has 2 rings (SSSR count). The minimum Gasteiger partial charge on any atom is -0.383 e. The zero-order valence-electron chi connectivity index (χ0n) is 7.26. The van der Waals surface area contributed by atoms with Gasteiger partial charge in [0.25, 0.3) is 0 Å². The smallest absolute Gasteiger partial charge is 0.152 e. The summed E-state index contributed by atoms with van der Waals surface area (Å²) in [5.41, 5.74) is 5.66. The Kier molecular flexibility index (Phi) is 2.62. The second-order valence-corrected chi connectivity index (χ2v) is 3.89. The highest BCUT2D eigenvalue weighted by Crippen LogP contribution is 2.10. The summed E-state index contributed by atoms with van der Waals surface area (Å²) < 4.78 is 2.62. The summed E-state index contributed by atoms with van der Waals surface area (Å²) in [5, 5.41) is 4.06. The van der Waals surface area contributed by atoms with Crippen LogP contribution in [0.15, 0.2) is 24.7 Å².